The fourth-order valence-corrected chi connectivity index (χ4v) is 2.74. The van der Waals surface area contributed by atoms with Gasteiger partial charge in [-0.2, -0.15) is 0 Å². The lowest BCUT2D eigenvalue weighted by Crippen LogP contribution is -2.54. The summed E-state index contributed by atoms with van der Waals surface area (Å²) in [6, 6.07) is -0.131. The minimum atomic E-state index is -0.151. The molecule has 2 amide bonds. The molecule has 0 spiro atoms. The molecule has 0 radical (unpaired) electrons. The van der Waals surface area contributed by atoms with Gasteiger partial charge in [0.25, 0.3) is 0 Å². The smallest absolute Gasteiger partial charge is 0.236 e. The van der Waals surface area contributed by atoms with Gasteiger partial charge < -0.3 is 20.3 Å². The highest BCUT2D eigenvalue weighted by Gasteiger charge is 2.28. The molecular formula is C15H28N4O3. The summed E-state index contributed by atoms with van der Waals surface area (Å²) >= 11 is 0. The quantitative estimate of drug-likeness (QED) is 0.718. The molecular weight excluding hydrogens is 284 g/mol. The Morgan fingerprint density at radius 3 is 2.14 bits per heavy atom. The van der Waals surface area contributed by atoms with E-state index in [0.717, 1.165) is 13.1 Å². The van der Waals surface area contributed by atoms with Gasteiger partial charge in [-0.3, -0.25) is 14.5 Å². The maximum absolute atomic E-state index is 12.3. The summed E-state index contributed by atoms with van der Waals surface area (Å²) in [5.41, 5.74) is 5.80. The predicted octanol–water partition coefficient (Wildman–Crippen LogP) is -1.03. The van der Waals surface area contributed by atoms with E-state index in [4.69, 9.17) is 10.5 Å². The first kappa shape index (κ1) is 17.2. The van der Waals surface area contributed by atoms with Gasteiger partial charge in [-0.05, 0) is 6.92 Å². The van der Waals surface area contributed by atoms with Crippen molar-refractivity contribution in [2.75, 3.05) is 59.0 Å². The molecule has 2 atom stereocenters. The molecule has 2 heterocycles. The normalized spacial score (nSPS) is 23.2. The molecule has 0 aliphatic carbocycles. The summed E-state index contributed by atoms with van der Waals surface area (Å²) in [6.07, 6.45) is 0. The number of nitrogens with two attached hydrogens (primary N) is 1. The molecule has 0 saturated carbocycles. The van der Waals surface area contributed by atoms with E-state index in [0.29, 0.717) is 45.9 Å². The lowest BCUT2D eigenvalue weighted by Gasteiger charge is -2.37. The Morgan fingerprint density at radius 1 is 1.00 bits per heavy atom. The molecule has 2 saturated heterocycles. The van der Waals surface area contributed by atoms with Gasteiger partial charge in [0.2, 0.25) is 11.8 Å². The number of carbonyl (C=O) groups excluding carboxylic acids is 2. The van der Waals surface area contributed by atoms with Crippen LogP contribution in [0.2, 0.25) is 0 Å². The van der Waals surface area contributed by atoms with Crippen LogP contribution in [0, 0.1) is 5.92 Å². The van der Waals surface area contributed by atoms with Crippen LogP contribution in [0.5, 0.6) is 0 Å². The molecule has 2 N–H and O–H groups in total. The Kier molecular flexibility index (Phi) is 6.16. The molecule has 7 heteroatoms. The van der Waals surface area contributed by atoms with Crippen LogP contribution < -0.4 is 5.73 Å². The zero-order chi connectivity index (χ0) is 16.1. The summed E-state index contributed by atoms with van der Waals surface area (Å²) < 4.78 is 5.26. The first-order chi connectivity index (χ1) is 10.5. The van der Waals surface area contributed by atoms with E-state index in [-0.39, 0.29) is 23.8 Å². The zero-order valence-electron chi connectivity index (χ0n) is 13.7. The van der Waals surface area contributed by atoms with Gasteiger partial charge in [-0.25, -0.2) is 0 Å². The third-order valence-corrected chi connectivity index (χ3v) is 4.58. The fourth-order valence-electron chi connectivity index (χ4n) is 2.74. The Bertz CT molecular complexity index is 388. The maximum Gasteiger partial charge on any atom is 0.236 e. The molecule has 2 aliphatic heterocycles. The third kappa shape index (κ3) is 4.41. The molecule has 126 valence electrons. The van der Waals surface area contributed by atoms with Crippen molar-refractivity contribution in [2.24, 2.45) is 11.7 Å². The second kappa shape index (κ2) is 7.89. The van der Waals surface area contributed by atoms with E-state index in [2.05, 4.69) is 4.90 Å². The van der Waals surface area contributed by atoms with E-state index in [1.165, 1.54) is 0 Å². The highest BCUT2D eigenvalue weighted by molar-refractivity contribution is 5.80. The first-order valence-corrected chi connectivity index (χ1v) is 8.11. The van der Waals surface area contributed by atoms with Crippen LogP contribution in [0.15, 0.2) is 0 Å². The van der Waals surface area contributed by atoms with Crippen LogP contribution >= 0.6 is 0 Å². The van der Waals surface area contributed by atoms with Crippen LogP contribution in [0.1, 0.15) is 13.8 Å². The van der Waals surface area contributed by atoms with Crippen molar-refractivity contribution in [1.82, 2.24) is 14.7 Å². The Labute approximate surface area is 132 Å². The number of hydrogen-bond acceptors (Lipinski definition) is 5. The number of piperazine rings is 1. The fraction of sp³-hybridized carbons (Fsp3) is 0.867. The predicted molar refractivity (Wildman–Crippen MR) is 83.2 cm³/mol. The van der Waals surface area contributed by atoms with E-state index in [1.54, 1.807) is 0 Å². The van der Waals surface area contributed by atoms with Crippen molar-refractivity contribution in [3.63, 3.8) is 0 Å². The largest absolute Gasteiger partial charge is 0.378 e. The van der Waals surface area contributed by atoms with E-state index < -0.39 is 0 Å². The molecule has 0 aromatic rings. The molecule has 0 bridgehead atoms. The molecule has 2 aliphatic rings. The minimum absolute atomic E-state index is 0.120. The molecule has 0 aromatic heterocycles. The highest BCUT2D eigenvalue weighted by Crippen LogP contribution is 2.10. The second-order valence-electron chi connectivity index (χ2n) is 6.24. The number of hydrogen-bond donors (Lipinski definition) is 1. The van der Waals surface area contributed by atoms with Crippen molar-refractivity contribution in [1.29, 1.82) is 0 Å². The number of rotatable bonds is 4. The highest BCUT2D eigenvalue weighted by atomic mass is 16.5. The van der Waals surface area contributed by atoms with Crippen molar-refractivity contribution >= 4 is 11.8 Å². The van der Waals surface area contributed by atoms with E-state index in [9.17, 15) is 9.59 Å². The molecule has 7 nitrogen and oxygen atoms in total. The molecule has 22 heavy (non-hydrogen) atoms. The van der Waals surface area contributed by atoms with Crippen LogP contribution in [-0.4, -0.2) is 91.6 Å². The molecule has 2 unspecified atom stereocenters. The average Bonchev–Trinajstić information content (AvgIpc) is 2.55. The van der Waals surface area contributed by atoms with Gasteiger partial charge in [0.15, 0.2) is 0 Å². The van der Waals surface area contributed by atoms with Crippen LogP contribution in [0.25, 0.3) is 0 Å². The number of carbonyl (C=O) groups is 2. The maximum atomic E-state index is 12.3. The topological polar surface area (TPSA) is 79.1 Å². The van der Waals surface area contributed by atoms with E-state index in [1.807, 2.05) is 23.6 Å². The lowest BCUT2D eigenvalue weighted by atomic mass is 10.0. The van der Waals surface area contributed by atoms with Gasteiger partial charge in [-0.1, -0.05) is 6.92 Å². The SMILES string of the molecule is CC(N)C(C)C(=O)N1CCN(CC(=O)N2CCOCC2)CC1. The van der Waals surface area contributed by atoms with Crippen molar-refractivity contribution < 1.29 is 14.3 Å². The molecule has 2 fully saturated rings. The molecule has 0 aromatic carbocycles. The van der Waals surface area contributed by atoms with Gasteiger partial charge in [-0.15, -0.1) is 0 Å². The Balaban J connectivity index is 1.75. The second-order valence-corrected chi connectivity index (χ2v) is 6.24. The van der Waals surface area contributed by atoms with Crippen LogP contribution in [0.4, 0.5) is 0 Å². The molecule has 2 rings (SSSR count). The number of nitrogens with zero attached hydrogens (tertiary/aromatic N) is 3. The van der Waals surface area contributed by atoms with E-state index >= 15 is 0 Å². The van der Waals surface area contributed by atoms with Crippen molar-refractivity contribution in [3.8, 4) is 0 Å². The Hall–Kier alpha value is -1.18. The lowest BCUT2D eigenvalue weighted by molar-refractivity contribution is -0.139. The monoisotopic (exact) mass is 312 g/mol. The van der Waals surface area contributed by atoms with Crippen molar-refractivity contribution in [2.45, 2.75) is 19.9 Å². The first-order valence-electron chi connectivity index (χ1n) is 8.11. The Morgan fingerprint density at radius 2 is 1.59 bits per heavy atom. The summed E-state index contributed by atoms with van der Waals surface area (Å²) in [4.78, 5) is 30.3. The zero-order valence-corrected chi connectivity index (χ0v) is 13.7. The summed E-state index contributed by atoms with van der Waals surface area (Å²) in [5.74, 6) is 0.128. The average molecular weight is 312 g/mol. The van der Waals surface area contributed by atoms with Crippen LogP contribution in [-0.2, 0) is 14.3 Å². The van der Waals surface area contributed by atoms with Gasteiger partial charge in [0, 0.05) is 45.3 Å². The van der Waals surface area contributed by atoms with Gasteiger partial charge >= 0.3 is 0 Å². The number of ether oxygens (including phenoxy) is 1. The van der Waals surface area contributed by atoms with Gasteiger partial charge in [0.1, 0.15) is 0 Å². The summed E-state index contributed by atoms with van der Waals surface area (Å²) in [7, 11) is 0. The van der Waals surface area contributed by atoms with Crippen molar-refractivity contribution in [3.05, 3.63) is 0 Å². The number of amides is 2. The number of morpholine rings is 1. The third-order valence-electron chi connectivity index (χ3n) is 4.58. The van der Waals surface area contributed by atoms with Crippen LogP contribution in [0.3, 0.4) is 0 Å². The standard InChI is InChI=1S/C15H28N4O3/c1-12(13(2)16)15(21)19-5-3-17(4-6-19)11-14(20)18-7-9-22-10-8-18/h12-13H,3-11,16H2,1-2H3. The van der Waals surface area contributed by atoms with Gasteiger partial charge in [0.05, 0.1) is 25.7 Å². The minimum Gasteiger partial charge on any atom is -0.378 e. The summed E-state index contributed by atoms with van der Waals surface area (Å²) in [5, 5.41) is 0. The summed E-state index contributed by atoms with van der Waals surface area (Å²) in [6.45, 7) is 9.63.